The molecule has 0 saturated heterocycles. The van der Waals surface area contributed by atoms with Crippen molar-refractivity contribution in [3.8, 4) is 5.75 Å². The number of rotatable bonds is 8. The van der Waals surface area contributed by atoms with E-state index in [1.807, 2.05) is 37.4 Å². The van der Waals surface area contributed by atoms with Gasteiger partial charge in [0.05, 0.1) is 12.3 Å². The van der Waals surface area contributed by atoms with E-state index in [0.29, 0.717) is 19.7 Å². The maximum Gasteiger partial charge on any atom is 0.225 e. The van der Waals surface area contributed by atoms with Gasteiger partial charge in [-0.2, -0.15) is 0 Å². The first-order valence-corrected chi connectivity index (χ1v) is 8.67. The predicted octanol–water partition coefficient (Wildman–Crippen LogP) is 3.20. The number of hydrogen-bond acceptors (Lipinski definition) is 5. The molecule has 2 rings (SSSR count). The lowest BCUT2D eigenvalue weighted by molar-refractivity contribution is -0.116. The van der Waals surface area contributed by atoms with Crippen molar-refractivity contribution < 1.29 is 9.53 Å². The molecule has 6 heteroatoms. The summed E-state index contributed by atoms with van der Waals surface area (Å²) >= 11 is 1.50. The van der Waals surface area contributed by atoms with Crippen molar-refractivity contribution in [2.75, 3.05) is 18.1 Å². The van der Waals surface area contributed by atoms with E-state index in [0.717, 1.165) is 23.1 Å². The van der Waals surface area contributed by atoms with Gasteiger partial charge >= 0.3 is 0 Å². The lowest BCUT2D eigenvalue weighted by Crippen LogP contribution is -2.27. The highest BCUT2D eigenvalue weighted by Crippen LogP contribution is 2.20. The summed E-state index contributed by atoms with van der Waals surface area (Å²) in [4.78, 5) is 17.7. The van der Waals surface area contributed by atoms with E-state index in [9.17, 15) is 4.79 Å². The minimum atomic E-state index is 0.0223. The van der Waals surface area contributed by atoms with E-state index in [-0.39, 0.29) is 5.91 Å². The predicted molar refractivity (Wildman–Crippen MR) is 94.0 cm³/mol. The van der Waals surface area contributed by atoms with Gasteiger partial charge in [-0.05, 0) is 31.5 Å². The van der Waals surface area contributed by atoms with E-state index in [1.54, 1.807) is 11.8 Å². The van der Waals surface area contributed by atoms with Crippen LogP contribution in [-0.2, 0) is 17.9 Å². The van der Waals surface area contributed by atoms with E-state index >= 15 is 0 Å². The number of benzene rings is 1. The zero-order valence-corrected chi connectivity index (χ0v) is 14.7. The Balaban J connectivity index is 1.88. The normalized spacial score (nSPS) is 10.6. The lowest BCUT2D eigenvalue weighted by Gasteiger charge is -2.14. The Labute approximate surface area is 141 Å². The zero-order chi connectivity index (χ0) is 16.7. The number of thiazole rings is 1. The van der Waals surface area contributed by atoms with Crippen LogP contribution < -0.4 is 15.0 Å². The number of carbonyl (C=O) groups excluding carboxylic acids is 1. The van der Waals surface area contributed by atoms with Crippen molar-refractivity contribution in [3.05, 3.63) is 40.9 Å². The average molecular weight is 333 g/mol. The second kappa shape index (κ2) is 8.64. The molecule has 0 spiro atoms. The van der Waals surface area contributed by atoms with Crippen LogP contribution >= 0.6 is 11.3 Å². The third-order valence-electron chi connectivity index (χ3n) is 3.31. The van der Waals surface area contributed by atoms with Crippen LogP contribution in [0.1, 0.15) is 32.0 Å². The van der Waals surface area contributed by atoms with Crippen LogP contribution in [0.4, 0.5) is 5.13 Å². The average Bonchev–Trinajstić information content (AvgIpc) is 2.97. The van der Waals surface area contributed by atoms with Gasteiger partial charge in [-0.1, -0.05) is 12.1 Å². The largest absolute Gasteiger partial charge is 0.494 e. The number of carbonyl (C=O) groups is 1. The molecule has 0 aliphatic rings. The monoisotopic (exact) mass is 333 g/mol. The van der Waals surface area contributed by atoms with Gasteiger partial charge in [-0.3, -0.25) is 9.69 Å². The smallest absolute Gasteiger partial charge is 0.225 e. The first kappa shape index (κ1) is 17.4. The summed E-state index contributed by atoms with van der Waals surface area (Å²) in [5.41, 5.74) is 2.12. The molecule has 0 atom stereocenters. The Morgan fingerprint density at radius 2 is 2.17 bits per heavy atom. The molecule has 0 radical (unpaired) electrons. The quantitative estimate of drug-likeness (QED) is 0.806. The number of anilines is 1. The summed E-state index contributed by atoms with van der Waals surface area (Å²) in [5, 5.41) is 6.12. The highest BCUT2D eigenvalue weighted by Gasteiger charge is 2.13. The molecule has 0 unspecified atom stereocenters. The molecule has 5 nitrogen and oxygen atoms in total. The van der Waals surface area contributed by atoms with E-state index in [1.165, 1.54) is 16.9 Å². The highest BCUT2D eigenvalue weighted by molar-refractivity contribution is 7.14. The van der Waals surface area contributed by atoms with Gasteiger partial charge in [0.1, 0.15) is 5.75 Å². The maximum absolute atomic E-state index is 11.5. The Bertz CT molecular complexity index is 642. The SMILES string of the molecule is CCOc1cccc(CNCc2csc(N(CC)C(C)=O)n2)c1. The van der Waals surface area contributed by atoms with Gasteiger partial charge in [-0.25, -0.2) is 4.98 Å². The van der Waals surface area contributed by atoms with Gasteiger partial charge in [0, 0.05) is 31.9 Å². The molecular formula is C17H23N3O2S. The van der Waals surface area contributed by atoms with Gasteiger partial charge < -0.3 is 10.1 Å². The fraction of sp³-hybridized carbons (Fsp3) is 0.412. The summed E-state index contributed by atoms with van der Waals surface area (Å²) < 4.78 is 5.50. The summed E-state index contributed by atoms with van der Waals surface area (Å²) in [7, 11) is 0. The maximum atomic E-state index is 11.5. The fourth-order valence-electron chi connectivity index (χ4n) is 2.24. The van der Waals surface area contributed by atoms with E-state index < -0.39 is 0 Å². The first-order valence-electron chi connectivity index (χ1n) is 7.79. The summed E-state index contributed by atoms with van der Waals surface area (Å²) in [6.07, 6.45) is 0. The van der Waals surface area contributed by atoms with Crippen LogP contribution in [-0.4, -0.2) is 24.0 Å². The molecule has 0 fully saturated rings. The van der Waals surface area contributed by atoms with E-state index in [4.69, 9.17) is 4.74 Å². The number of amides is 1. The first-order chi connectivity index (χ1) is 11.1. The van der Waals surface area contributed by atoms with Gasteiger partial charge in [0.15, 0.2) is 5.13 Å². The van der Waals surface area contributed by atoms with Gasteiger partial charge in [0.2, 0.25) is 5.91 Å². The molecule has 2 aromatic rings. The van der Waals surface area contributed by atoms with Crippen LogP contribution in [0, 0.1) is 0 Å². The number of ether oxygens (including phenoxy) is 1. The Morgan fingerprint density at radius 1 is 1.35 bits per heavy atom. The molecule has 1 heterocycles. The van der Waals surface area contributed by atoms with Crippen molar-refractivity contribution in [2.45, 2.75) is 33.9 Å². The molecule has 1 N–H and O–H groups in total. The minimum Gasteiger partial charge on any atom is -0.494 e. The Hall–Kier alpha value is -1.92. The molecule has 0 bridgehead atoms. The molecule has 0 aliphatic carbocycles. The van der Waals surface area contributed by atoms with Crippen molar-refractivity contribution >= 4 is 22.4 Å². The number of nitrogens with zero attached hydrogens (tertiary/aromatic N) is 2. The molecular weight excluding hydrogens is 310 g/mol. The zero-order valence-electron chi connectivity index (χ0n) is 13.8. The highest BCUT2D eigenvalue weighted by atomic mass is 32.1. The van der Waals surface area contributed by atoms with Crippen molar-refractivity contribution in [2.24, 2.45) is 0 Å². The molecule has 1 aromatic carbocycles. The Kier molecular flexibility index (Phi) is 6.55. The van der Waals surface area contributed by atoms with Crippen molar-refractivity contribution in [3.63, 3.8) is 0 Å². The Morgan fingerprint density at radius 3 is 2.87 bits per heavy atom. The van der Waals surface area contributed by atoms with Crippen LogP contribution in [0.3, 0.4) is 0 Å². The van der Waals surface area contributed by atoms with Crippen LogP contribution in [0.15, 0.2) is 29.6 Å². The van der Waals surface area contributed by atoms with Crippen molar-refractivity contribution in [1.29, 1.82) is 0 Å². The molecule has 0 saturated carbocycles. The second-order valence-electron chi connectivity index (χ2n) is 5.07. The van der Waals surface area contributed by atoms with Crippen LogP contribution in [0.25, 0.3) is 0 Å². The lowest BCUT2D eigenvalue weighted by atomic mass is 10.2. The summed E-state index contributed by atoms with van der Waals surface area (Å²) in [5.74, 6) is 0.914. The third-order valence-corrected chi connectivity index (χ3v) is 4.22. The van der Waals surface area contributed by atoms with Gasteiger partial charge in [-0.15, -0.1) is 11.3 Å². The second-order valence-corrected chi connectivity index (χ2v) is 5.91. The standard InChI is InChI=1S/C17H23N3O2S/c1-4-20(13(3)21)17-19-15(12-23-17)11-18-10-14-7-6-8-16(9-14)22-5-2/h6-9,12,18H,4-5,10-11H2,1-3H3. The minimum absolute atomic E-state index is 0.0223. The van der Waals surface area contributed by atoms with E-state index in [2.05, 4.69) is 16.4 Å². The third kappa shape index (κ3) is 5.04. The topological polar surface area (TPSA) is 54.5 Å². The molecule has 124 valence electrons. The fourth-order valence-corrected chi connectivity index (χ4v) is 3.17. The molecule has 23 heavy (non-hydrogen) atoms. The molecule has 1 amide bonds. The number of nitrogens with one attached hydrogen (secondary N) is 1. The van der Waals surface area contributed by atoms with Crippen LogP contribution in [0.5, 0.6) is 5.75 Å². The van der Waals surface area contributed by atoms with Gasteiger partial charge in [0.25, 0.3) is 0 Å². The number of aromatic nitrogens is 1. The molecule has 1 aromatic heterocycles. The summed E-state index contributed by atoms with van der Waals surface area (Å²) in [6.45, 7) is 8.22. The summed E-state index contributed by atoms with van der Waals surface area (Å²) in [6, 6.07) is 8.06. The number of hydrogen-bond donors (Lipinski definition) is 1. The van der Waals surface area contributed by atoms with Crippen molar-refractivity contribution in [1.82, 2.24) is 10.3 Å². The van der Waals surface area contributed by atoms with Crippen LogP contribution in [0.2, 0.25) is 0 Å². The molecule has 0 aliphatic heterocycles.